The Morgan fingerprint density at radius 3 is 2.82 bits per heavy atom. The number of rotatable bonds is 4. The SMILES string of the molecule is Cc1ccc(OCc2ccn(C)n2)c(CBr)n1. The van der Waals surface area contributed by atoms with E-state index < -0.39 is 0 Å². The van der Waals surface area contributed by atoms with E-state index in [9.17, 15) is 0 Å². The van der Waals surface area contributed by atoms with Crippen LogP contribution in [0.15, 0.2) is 24.4 Å². The van der Waals surface area contributed by atoms with Crippen molar-refractivity contribution in [3.8, 4) is 5.75 Å². The number of hydrogen-bond acceptors (Lipinski definition) is 3. The molecule has 2 aromatic heterocycles. The lowest BCUT2D eigenvalue weighted by molar-refractivity contribution is 0.296. The van der Waals surface area contributed by atoms with E-state index in [0.29, 0.717) is 11.9 Å². The third kappa shape index (κ3) is 3.06. The average molecular weight is 296 g/mol. The summed E-state index contributed by atoms with van der Waals surface area (Å²) < 4.78 is 7.48. The molecular weight excluding hydrogens is 282 g/mol. The topological polar surface area (TPSA) is 39.9 Å². The van der Waals surface area contributed by atoms with Crippen molar-refractivity contribution in [2.45, 2.75) is 18.9 Å². The van der Waals surface area contributed by atoms with Gasteiger partial charge >= 0.3 is 0 Å². The Kier molecular flexibility index (Phi) is 3.78. The van der Waals surface area contributed by atoms with Gasteiger partial charge in [0.2, 0.25) is 0 Å². The van der Waals surface area contributed by atoms with E-state index in [1.54, 1.807) is 4.68 Å². The maximum Gasteiger partial charge on any atom is 0.142 e. The number of alkyl halides is 1. The molecule has 0 aliphatic heterocycles. The zero-order valence-corrected chi connectivity index (χ0v) is 11.4. The van der Waals surface area contributed by atoms with Crippen molar-refractivity contribution in [1.29, 1.82) is 0 Å². The summed E-state index contributed by atoms with van der Waals surface area (Å²) in [5.41, 5.74) is 2.82. The lowest BCUT2D eigenvalue weighted by Crippen LogP contribution is -2.01. The summed E-state index contributed by atoms with van der Waals surface area (Å²) in [5, 5.41) is 4.95. The molecule has 0 fully saturated rings. The molecule has 2 rings (SSSR count). The van der Waals surface area contributed by atoms with Gasteiger partial charge in [-0.05, 0) is 25.1 Å². The standard InChI is InChI=1S/C12H14BrN3O/c1-9-3-4-12(11(7-13)14-9)17-8-10-5-6-16(2)15-10/h3-6H,7-8H2,1-2H3. The summed E-state index contributed by atoms with van der Waals surface area (Å²) in [6, 6.07) is 5.83. The third-order valence-electron chi connectivity index (χ3n) is 2.34. The molecule has 0 aromatic carbocycles. The Balaban J connectivity index is 2.08. The number of pyridine rings is 1. The number of halogens is 1. The second-order valence-electron chi connectivity index (χ2n) is 3.80. The fraction of sp³-hybridized carbons (Fsp3) is 0.333. The first-order chi connectivity index (χ1) is 8.19. The summed E-state index contributed by atoms with van der Waals surface area (Å²) in [4.78, 5) is 4.41. The van der Waals surface area contributed by atoms with Crippen molar-refractivity contribution in [3.63, 3.8) is 0 Å². The van der Waals surface area contributed by atoms with Gasteiger partial charge in [-0.15, -0.1) is 0 Å². The van der Waals surface area contributed by atoms with Crippen LogP contribution in [0.2, 0.25) is 0 Å². The molecule has 0 spiro atoms. The lowest BCUT2D eigenvalue weighted by atomic mass is 10.3. The number of aromatic nitrogens is 3. The third-order valence-corrected chi connectivity index (χ3v) is 2.87. The molecule has 2 heterocycles. The summed E-state index contributed by atoms with van der Waals surface area (Å²) in [6.45, 7) is 2.43. The maximum absolute atomic E-state index is 5.71. The zero-order chi connectivity index (χ0) is 12.3. The van der Waals surface area contributed by atoms with Gasteiger partial charge in [-0.1, -0.05) is 15.9 Å². The Labute approximate surface area is 109 Å². The van der Waals surface area contributed by atoms with Gasteiger partial charge in [-0.3, -0.25) is 9.67 Å². The Bertz CT molecular complexity index is 510. The van der Waals surface area contributed by atoms with E-state index in [2.05, 4.69) is 26.0 Å². The molecule has 0 saturated heterocycles. The molecule has 17 heavy (non-hydrogen) atoms. The van der Waals surface area contributed by atoms with Crippen LogP contribution in [0, 0.1) is 6.92 Å². The van der Waals surface area contributed by atoms with Gasteiger partial charge in [-0.25, -0.2) is 0 Å². The number of ether oxygens (including phenoxy) is 1. The highest BCUT2D eigenvalue weighted by atomic mass is 79.9. The van der Waals surface area contributed by atoms with Crippen molar-refractivity contribution < 1.29 is 4.74 Å². The first-order valence-electron chi connectivity index (χ1n) is 5.33. The minimum Gasteiger partial charge on any atom is -0.485 e. The first kappa shape index (κ1) is 12.1. The monoisotopic (exact) mass is 295 g/mol. The van der Waals surface area contributed by atoms with Crippen LogP contribution in [-0.4, -0.2) is 14.8 Å². The van der Waals surface area contributed by atoms with Crippen LogP contribution >= 0.6 is 15.9 Å². The van der Waals surface area contributed by atoms with E-state index in [4.69, 9.17) is 4.74 Å². The van der Waals surface area contributed by atoms with Gasteiger partial charge < -0.3 is 4.74 Å². The van der Waals surface area contributed by atoms with Crippen LogP contribution in [0.25, 0.3) is 0 Å². The highest BCUT2D eigenvalue weighted by Crippen LogP contribution is 2.20. The summed E-state index contributed by atoms with van der Waals surface area (Å²) in [7, 11) is 1.89. The molecule has 4 nitrogen and oxygen atoms in total. The van der Waals surface area contributed by atoms with Crippen LogP contribution in [0.5, 0.6) is 5.75 Å². The van der Waals surface area contributed by atoms with Gasteiger partial charge in [0.15, 0.2) is 0 Å². The molecule has 0 radical (unpaired) electrons. The quantitative estimate of drug-likeness (QED) is 0.814. The van der Waals surface area contributed by atoms with Crippen molar-refractivity contribution in [2.24, 2.45) is 7.05 Å². The number of nitrogens with zero attached hydrogens (tertiary/aromatic N) is 3. The van der Waals surface area contributed by atoms with E-state index >= 15 is 0 Å². The highest BCUT2D eigenvalue weighted by Gasteiger charge is 2.05. The minimum atomic E-state index is 0.464. The molecular formula is C12H14BrN3O. The zero-order valence-electron chi connectivity index (χ0n) is 9.85. The molecule has 0 bridgehead atoms. The van der Waals surface area contributed by atoms with E-state index in [1.807, 2.05) is 38.4 Å². The molecule has 0 unspecified atom stereocenters. The van der Waals surface area contributed by atoms with E-state index in [-0.39, 0.29) is 0 Å². The lowest BCUT2D eigenvalue weighted by Gasteiger charge is -2.08. The van der Waals surface area contributed by atoms with Gasteiger partial charge in [0.05, 0.1) is 11.4 Å². The Morgan fingerprint density at radius 1 is 1.35 bits per heavy atom. The second kappa shape index (κ2) is 5.31. The van der Waals surface area contributed by atoms with Crippen molar-refractivity contribution >= 4 is 15.9 Å². The molecule has 0 aliphatic carbocycles. The summed E-state index contributed by atoms with van der Waals surface area (Å²) in [6.07, 6.45) is 1.90. The van der Waals surface area contributed by atoms with Crippen LogP contribution in [-0.2, 0) is 19.0 Å². The predicted molar refractivity (Wildman–Crippen MR) is 69.1 cm³/mol. The first-order valence-corrected chi connectivity index (χ1v) is 6.45. The van der Waals surface area contributed by atoms with Crippen molar-refractivity contribution in [2.75, 3.05) is 0 Å². The van der Waals surface area contributed by atoms with Gasteiger partial charge in [0, 0.05) is 24.3 Å². The normalized spacial score (nSPS) is 10.5. The molecule has 0 atom stereocenters. The van der Waals surface area contributed by atoms with Crippen molar-refractivity contribution in [3.05, 3.63) is 41.5 Å². The summed E-state index contributed by atoms with van der Waals surface area (Å²) >= 11 is 3.41. The highest BCUT2D eigenvalue weighted by molar-refractivity contribution is 9.08. The number of hydrogen-bond donors (Lipinski definition) is 0. The van der Waals surface area contributed by atoms with Crippen LogP contribution in [0.4, 0.5) is 0 Å². The fourth-order valence-corrected chi connectivity index (χ4v) is 1.92. The van der Waals surface area contributed by atoms with Crippen LogP contribution < -0.4 is 4.74 Å². The molecule has 90 valence electrons. The molecule has 5 heteroatoms. The average Bonchev–Trinajstić information content (AvgIpc) is 2.73. The largest absolute Gasteiger partial charge is 0.485 e. The molecule has 2 aromatic rings. The van der Waals surface area contributed by atoms with E-state index in [1.165, 1.54) is 0 Å². The fourth-order valence-electron chi connectivity index (χ4n) is 1.52. The van der Waals surface area contributed by atoms with Gasteiger partial charge in [0.25, 0.3) is 0 Å². The smallest absolute Gasteiger partial charge is 0.142 e. The number of aryl methyl sites for hydroxylation is 2. The van der Waals surface area contributed by atoms with Gasteiger partial charge in [0.1, 0.15) is 12.4 Å². The second-order valence-corrected chi connectivity index (χ2v) is 4.36. The molecule has 0 N–H and O–H groups in total. The predicted octanol–water partition coefficient (Wildman–Crippen LogP) is 2.60. The Morgan fingerprint density at radius 2 is 2.18 bits per heavy atom. The minimum absolute atomic E-state index is 0.464. The summed E-state index contributed by atoms with van der Waals surface area (Å²) in [5.74, 6) is 0.804. The van der Waals surface area contributed by atoms with E-state index in [0.717, 1.165) is 22.8 Å². The Hall–Kier alpha value is -1.36. The maximum atomic E-state index is 5.71. The van der Waals surface area contributed by atoms with Crippen LogP contribution in [0.3, 0.4) is 0 Å². The molecule has 0 amide bonds. The molecule has 0 aliphatic rings. The van der Waals surface area contributed by atoms with Crippen LogP contribution in [0.1, 0.15) is 17.1 Å². The van der Waals surface area contributed by atoms with Crippen molar-refractivity contribution in [1.82, 2.24) is 14.8 Å². The van der Waals surface area contributed by atoms with Gasteiger partial charge in [-0.2, -0.15) is 5.10 Å². The molecule has 0 saturated carbocycles.